The zero-order valence-corrected chi connectivity index (χ0v) is 16.6. The quantitative estimate of drug-likeness (QED) is 0.738. The fourth-order valence-electron chi connectivity index (χ4n) is 4.88. The number of amides is 2. The van der Waals surface area contributed by atoms with E-state index in [1.54, 1.807) is 4.90 Å². The van der Waals surface area contributed by atoms with Crippen molar-refractivity contribution in [2.24, 2.45) is 0 Å². The molecule has 0 bridgehead atoms. The lowest BCUT2D eigenvalue weighted by atomic mass is 9.95. The first-order valence-corrected chi connectivity index (χ1v) is 10.4. The van der Waals surface area contributed by atoms with Gasteiger partial charge in [-0.1, -0.05) is 36.4 Å². The van der Waals surface area contributed by atoms with E-state index in [-0.39, 0.29) is 24.4 Å². The maximum Gasteiger partial charge on any atom is 0.255 e. The summed E-state index contributed by atoms with van der Waals surface area (Å²) < 4.78 is 0. The molecule has 2 amide bonds. The normalized spacial score (nSPS) is 19.1. The summed E-state index contributed by atoms with van der Waals surface area (Å²) in [7, 11) is 0. The van der Waals surface area contributed by atoms with Gasteiger partial charge < -0.3 is 14.8 Å². The van der Waals surface area contributed by atoms with Crippen molar-refractivity contribution in [3.8, 4) is 0 Å². The Balaban J connectivity index is 1.59. The highest BCUT2D eigenvalue weighted by molar-refractivity contribution is 6.02. The number of aromatic nitrogens is 1. The molecule has 2 aromatic carbocycles. The van der Waals surface area contributed by atoms with Gasteiger partial charge in [0.1, 0.15) is 6.54 Å². The second kappa shape index (κ2) is 7.07. The topological polar surface area (TPSA) is 56.4 Å². The van der Waals surface area contributed by atoms with Gasteiger partial charge in [-0.15, -0.1) is 0 Å². The molecule has 0 unspecified atom stereocenters. The molecule has 3 heterocycles. The highest BCUT2D eigenvalue weighted by atomic mass is 16.2. The number of aromatic amines is 1. The van der Waals surface area contributed by atoms with Gasteiger partial charge in [-0.2, -0.15) is 0 Å². The van der Waals surface area contributed by atoms with E-state index < -0.39 is 0 Å². The molecule has 1 saturated heterocycles. The number of aryl methyl sites for hydroxylation is 1. The highest BCUT2D eigenvalue weighted by Gasteiger charge is 2.40. The van der Waals surface area contributed by atoms with Crippen molar-refractivity contribution < 1.29 is 9.59 Å². The zero-order valence-electron chi connectivity index (χ0n) is 16.6. The number of likely N-dealkylation sites (tertiary alicyclic amines) is 1. The molecule has 2 aliphatic rings. The van der Waals surface area contributed by atoms with Gasteiger partial charge in [0.25, 0.3) is 5.91 Å². The number of hydrogen-bond donors (Lipinski definition) is 1. The van der Waals surface area contributed by atoms with Crippen LogP contribution in [0.15, 0.2) is 48.5 Å². The lowest BCUT2D eigenvalue weighted by Crippen LogP contribution is -2.44. The lowest BCUT2D eigenvalue weighted by Gasteiger charge is -2.31. The minimum absolute atomic E-state index is 0.0494. The maximum absolute atomic E-state index is 13.3. The summed E-state index contributed by atoms with van der Waals surface area (Å²) >= 11 is 0. The molecule has 3 aromatic rings. The summed E-state index contributed by atoms with van der Waals surface area (Å²) in [5, 5.41) is 1.11. The number of fused-ring (bicyclic) bond motifs is 2. The van der Waals surface area contributed by atoms with Crippen molar-refractivity contribution in [2.75, 3.05) is 19.6 Å². The standard InChI is InChI=1S/C24H25N3O2/c1-16-22(19-11-5-6-12-20(19)25-16)23-17-9-3-4-10-18(17)24(29)27(23)15-21(28)26-13-7-2-8-14-26/h3-6,9-12,23,25H,2,7-8,13-15H2,1H3/t23-/m1/s1. The summed E-state index contributed by atoms with van der Waals surface area (Å²) in [6.07, 6.45) is 3.27. The fourth-order valence-corrected chi connectivity index (χ4v) is 4.88. The summed E-state index contributed by atoms with van der Waals surface area (Å²) in [4.78, 5) is 33.5. The fraction of sp³-hybridized carbons (Fsp3) is 0.333. The van der Waals surface area contributed by atoms with Gasteiger partial charge in [0.05, 0.1) is 6.04 Å². The predicted octanol–water partition coefficient (Wildman–Crippen LogP) is 4.03. The van der Waals surface area contributed by atoms with Crippen LogP contribution in [0.1, 0.15) is 52.5 Å². The molecule has 5 nitrogen and oxygen atoms in total. The minimum Gasteiger partial charge on any atom is -0.358 e. The third-order valence-corrected chi connectivity index (χ3v) is 6.29. The molecule has 0 spiro atoms. The van der Waals surface area contributed by atoms with Crippen molar-refractivity contribution in [3.05, 3.63) is 70.9 Å². The Morgan fingerprint density at radius 2 is 1.76 bits per heavy atom. The first-order valence-electron chi connectivity index (χ1n) is 10.4. The number of nitrogens with one attached hydrogen (secondary N) is 1. The van der Waals surface area contributed by atoms with Crippen molar-refractivity contribution in [1.82, 2.24) is 14.8 Å². The summed E-state index contributed by atoms with van der Waals surface area (Å²) in [5.41, 5.74) is 4.87. The van der Waals surface area contributed by atoms with Gasteiger partial charge in [0, 0.05) is 40.8 Å². The first kappa shape index (κ1) is 18.0. The van der Waals surface area contributed by atoms with Crippen molar-refractivity contribution in [3.63, 3.8) is 0 Å². The third-order valence-electron chi connectivity index (χ3n) is 6.29. The van der Waals surface area contributed by atoms with Crippen LogP contribution in [0.4, 0.5) is 0 Å². The Hall–Kier alpha value is -3.08. The largest absolute Gasteiger partial charge is 0.358 e. The Labute approximate surface area is 170 Å². The summed E-state index contributed by atoms with van der Waals surface area (Å²) in [6.45, 7) is 3.76. The minimum atomic E-state index is -0.247. The zero-order chi connectivity index (χ0) is 20.0. The van der Waals surface area contributed by atoms with Crippen LogP contribution in [0.3, 0.4) is 0 Å². The Kier molecular flexibility index (Phi) is 4.38. The van der Waals surface area contributed by atoms with Crippen LogP contribution < -0.4 is 0 Å². The smallest absolute Gasteiger partial charge is 0.255 e. The number of para-hydroxylation sites is 1. The third kappa shape index (κ3) is 2.92. The van der Waals surface area contributed by atoms with Gasteiger partial charge in [-0.3, -0.25) is 9.59 Å². The van der Waals surface area contributed by atoms with Crippen molar-refractivity contribution in [1.29, 1.82) is 0 Å². The Morgan fingerprint density at radius 1 is 1.03 bits per heavy atom. The van der Waals surface area contributed by atoms with Crippen LogP contribution in [0.25, 0.3) is 10.9 Å². The second-order valence-corrected chi connectivity index (χ2v) is 8.07. The van der Waals surface area contributed by atoms with E-state index in [4.69, 9.17) is 0 Å². The Morgan fingerprint density at radius 3 is 2.59 bits per heavy atom. The van der Waals surface area contributed by atoms with Crippen molar-refractivity contribution >= 4 is 22.7 Å². The number of carbonyl (C=O) groups excluding carboxylic acids is 2. The van der Waals surface area contributed by atoms with Crippen molar-refractivity contribution in [2.45, 2.75) is 32.2 Å². The molecule has 2 aliphatic heterocycles. The van der Waals surface area contributed by atoms with Crippen LogP contribution >= 0.6 is 0 Å². The van der Waals surface area contributed by atoms with E-state index in [0.717, 1.165) is 53.7 Å². The number of hydrogen-bond acceptors (Lipinski definition) is 2. The molecular formula is C24H25N3O2. The van der Waals surface area contributed by atoms with E-state index in [1.807, 2.05) is 48.2 Å². The second-order valence-electron chi connectivity index (χ2n) is 8.07. The molecule has 0 aliphatic carbocycles. The molecule has 148 valence electrons. The molecule has 1 fully saturated rings. The molecule has 5 rings (SSSR count). The average Bonchev–Trinajstić information content (AvgIpc) is 3.22. The molecule has 5 heteroatoms. The molecule has 0 saturated carbocycles. The SMILES string of the molecule is Cc1[nH]c2ccccc2c1[C@H]1c2ccccc2C(=O)N1CC(=O)N1CCCCC1. The van der Waals surface area contributed by atoms with E-state index >= 15 is 0 Å². The molecule has 1 atom stereocenters. The molecule has 1 aromatic heterocycles. The Bertz CT molecular complexity index is 1090. The number of piperidine rings is 1. The van der Waals surface area contributed by atoms with Crippen LogP contribution in [0.5, 0.6) is 0 Å². The van der Waals surface area contributed by atoms with Gasteiger partial charge in [0.2, 0.25) is 5.91 Å². The molecular weight excluding hydrogens is 362 g/mol. The first-order chi connectivity index (χ1) is 14.1. The van der Waals surface area contributed by atoms with Gasteiger partial charge in [-0.05, 0) is 43.9 Å². The number of rotatable bonds is 3. The summed E-state index contributed by atoms with van der Waals surface area (Å²) in [6, 6.07) is 15.7. The molecule has 1 N–H and O–H groups in total. The average molecular weight is 387 g/mol. The summed E-state index contributed by atoms with van der Waals surface area (Å²) in [5.74, 6) is -0.00556. The number of carbonyl (C=O) groups is 2. The van der Waals surface area contributed by atoms with E-state index in [1.165, 1.54) is 6.42 Å². The predicted molar refractivity (Wildman–Crippen MR) is 113 cm³/mol. The lowest BCUT2D eigenvalue weighted by molar-refractivity contribution is -0.133. The molecule has 0 radical (unpaired) electrons. The number of nitrogens with zero attached hydrogens (tertiary/aromatic N) is 2. The van der Waals surface area contributed by atoms with Gasteiger partial charge >= 0.3 is 0 Å². The monoisotopic (exact) mass is 387 g/mol. The van der Waals surface area contributed by atoms with Crippen LogP contribution in [-0.4, -0.2) is 46.2 Å². The number of benzene rings is 2. The molecule has 29 heavy (non-hydrogen) atoms. The van der Waals surface area contributed by atoms with Crippen LogP contribution in [-0.2, 0) is 4.79 Å². The highest BCUT2D eigenvalue weighted by Crippen LogP contribution is 2.42. The van der Waals surface area contributed by atoms with E-state index in [0.29, 0.717) is 5.56 Å². The maximum atomic E-state index is 13.3. The van der Waals surface area contributed by atoms with Gasteiger partial charge in [-0.25, -0.2) is 0 Å². The van der Waals surface area contributed by atoms with E-state index in [9.17, 15) is 9.59 Å². The number of H-pyrrole nitrogens is 1. The van der Waals surface area contributed by atoms with E-state index in [2.05, 4.69) is 17.1 Å². The van der Waals surface area contributed by atoms with Crippen LogP contribution in [0, 0.1) is 6.92 Å². The van der Waals surface area contributed by atoms with Gasteiger partial charge in [0.15, 0.2) is 0 Å². The van der Waals surface area contributed by atoms with Crippen LogP contribution in [0.2, 0.25) is 0 Å².